The maximum absolute atomic E-state index is 10.3. The largest absolute Gasteiger partial charge is 0.370 e. The third kappa shape index (κ3) is 17.1. The Morgan fingerprint density at radius 3 is 2.07 bits per heavy atom. The standard InChI is InChI=1S/C5H11NO.C4H11N3/c1-3-5(7)4-6-2;1-2-3-7-4(5)6/h6H,3-4H2,1-2H3;2-3H2,1H3,(H4,5,6,7). The van der Waals surface area contributed by atoms with E-state index >= 15 is 0 Å². The maximum atomic E-state index is 10.3. The van der Waals surface area contributed by atoms with E-state index in [1.165, 1.54) is 0 Å². The van der Waals surface area contributed by atoms with E-state index in [1.54, 1.807) is 7.05 Å². The van der Waals surface area contributed by atoms with Crippen molar-refractivity contribution in [1.29, 1.82) is 0 Å². The molecule has 84 valence electrons. The van der Waals surface area contributed by atoms with Crippen LogP contribution in [0.5, 0.6) is 0 Å². The second kappa shape index (κ2) is 11.9. The number of likely N-dealkylation sites (N-methyl/N-ethyl adjacent to an activating group) is 1. The minimum Gasteiger partial charge on any atom is -0.370 e. The van der Waals surface area contributed by atoms with Gasteiger partial charge in [-0.3, -0.25) is 9.79 Å². The summed E-state index contributed by atoms with van der Waals surface area (Å²) in [5, 5.41) is 2.77. The first-order valence-corrected chi connectivity index (χ1v) is 4.80. The van der Waals surface area contributed by atoms with Crippen molar-refractivity contribution in [2.24, 2.45) is 16.5 Å². The highest BCUT2D eigenvalue weighted by atomic mass is 16.1. The first kappa shape index (κ1) is 15.4. The average Bonchev–Trinajstić information content (AvgIpc) is 2.16. The molecule has 0 aliphatic rings. The molecule has 0 aromatic carbocycles. The Labute approximate surface area is 86.0 Å². The molecule has 14 heavy (non-hydrogen) atoms. The molecule has 5 N–H and O–H groups in total. The SMILES string of the molecule is CCC(=O)CNC.CCCN=C(N)N. The Bertz CT molecular complexity index is 164. The van der Waals surface area contributed by atoms with Gasteiger partial charge in [-0.25, -0.2) is 0 Å². The summed E-state index contributed by atoms with van der Waals surface area (Å²) < 4.78 is 0. The van der Waals surface area contributed by atoms with E-state index in [-0.39, 0.29) is 11.7 Å². The lowest BCUT2D eigenvalue weighted by molar-refractivity contribution is -0.117. The van der Waals surface area contributed by atoms with E-state index in [4.69, 9.17) is 11.5 Å². The summed E-state index contributed by atoms with van der Waals surface area (Å²) >= 11 is 0. The molecule has 5 nitrogen and oxygen atoms in total. The number of hydrogen-bond acceptors (Lipinski definition) is 3. The van der Waals surface area contributed by atoms with Gasteiger partial charge in [0.25, 0.3) is 0 Å². The molecule has 0 aliphatic heterocycles. The summed E-state index contributed by atoms with van der Waals surface area (Å²) in [5.41, 5.74) is 10.0. The minimum absolute atomic E-state index is 0.182. The van der Waals surface area contributed by atoms with Crippen LogP contribution in [0.4, 0.5) is 0 Å². The van der Waals surface area contributed by atoms with Gasteiger partial charge in [0.2, 0.25) is 0 Å². The summed E-state index contributed by atoms with van der Waals surface area (Å²) in [7, 11) is 1.77. The Morgan fingerprint density at radius 2 is 1.93 bits per heavy atom. The number of aliphatic imine (C=N–C) groups is 1. The first-order valence-electron chi connectivity index (χ1n) is 4.80. The van der Waals surface area contributed by atoms with Crippen molar-refractivity contribution < 1.29 is 4.79 Å². The summed E-state index contributed by atoms with van der Waals surface area (Å²) in [6.45, 7) is 5.13. The summed E-state index contributed by atoms with van der Waals surface area (Å²) in [5.74, 6) is 0.448. The fourth-order valence-corrected chi connectivity index (χ4v) is 0.563. The Balaban J connectivity index is 0. The molecule has 0 saturated heterocycles. The van der Waals surface area contributed by atoms with Gasteiger partial charge in [0.05, 0.1) is 6.54 Å². The van der Waals surface area contributed by atoms with Crippen molar-refractivity contribution in [2.45, 2.75) is 26.7 Å². The van der Waals surface area contributed by atoms with E-state index in [2.05, 4.69) is 10.3 Å². The van der Waals surface area contributed by atoms with E-state index in [0.717, 1.165) is 13.0 Å². The summed E-state index contributed by atoms with van der Waals surface area (Å²) in [4.78, 5) is 14.1. The Hall–Kier alpha value is -1.10. The Kier molecular flexibility index (Phi) is 13.1. The normalized spacial score (nSPS) is 8.50. The number of guanidine groups is 1. The van der Waals surface area contributed by atoms with Gasteiger partial charge >= 0.3 is 0 Å². The maximum Gasteiger partial charge on any atom is 0.185 e. The highest BCUT2D eigenvalue weighted by Gasteiger charge is 1.90. The number of nitrogens with two attached hydrogens (primary N) is 2. The van der Waals surface area contributed by atoms with Crippen LogP contribution in [-0.4, -0.2) is 31.9 Å². The number of nitrogens with one attached hydrogen (secondary N) is 1. The number of nitrogens with zero attached hydrogens (tertiary/aromatic N) is 1. The summed E-state index contributed by atoms with van der Waals surface area (Å²) in [6, 6.07) is 0. The quantitative estimate of drug-likeness (QED) is 0.427. The van der Waals surface area contributed by atoms with Crippen LogP contribution in [0.2, 0.25) is 0 Å². The van der Waals surface area contributed by atoms with Crippen molar-refractivity contribution in [3.05, 3.63) is 0 Å². The van der Waals surface area contributed by atoms with Crippen molar-refractivity contribution in [1.82, 2.24) is 5.32 Å². The van der Waals surface area contributed by atoms with Crippen LogP contribution in [-0.2, 0) is 4.79 Å². The molecule has 0 spiro atoms. The van der Waals surface area contributed by atoms with Crippen LogP contribution in [0.1, 0.15) is 26.7 Å². The summed E-state index contributed by atoms with van der Waals surface area (Å²) in [6.07, 6.45) is 1.64. The smallest absolute Gasteiger partial charge is 0.185 e. The number of hydrogen-bond donors (Lipinski definition) is 3. The molecule has 0 radical (unpaired) electrons. The number of carbonyl (C=O) groups excluding carboxylic acids is 1. The predicted octanol–water partition coefficient (Wildman–Crippen LogP) is -0.145. The molecular formula is C9H22N4O. The number of Topliss-reactive ketones (excluding diaryl/α,β-unsaturated/α-hetero) is 1. The van der Waals surface area contributed by atoms with Crippen molar-refractivity contribution in [2.75, 3.05) is 20.1 Å². The molecule has 5 heteroatoms. The van der Waals surface area contributed by atoms with Gasteiger partial charge in [0, 0.05) is 13.0 Å². The highest BCUT2D eigenvalue weighted by molar-refractivity contribution is 5.79. The third-order valence-corrected chi connectivity index (χ3v) is 1.29. The average molecular weight is 202 g/mol. The van der Waals surface area contributed by atoms with Gasteiger partial charge in [-0.1, -0.05) is 13.8 Å². The molecule has 0 amide bonds. The van der Waals surface area contributed by atoms with E-state index in [0.29, 0.717) is 13.0 Å². The molecule has 0 bridgehead atoms. The number of carbonyl (C=O) groups is 1. The van der Waals surface area contributed by atoms with E-state index < -0.39 is 0 Å². The highest BCUT2D eigenvalue weighted by Crippen LogP contribution is 1.74. The number of rotatable bonds is 5. The second-order valence-electron chi connectivity index (χ2n) is 2.73. The van der Waals surface area contributed by atoms with E-state index in [9.17, 15) is 4.79 Å². The molecular weight excluding hydrogens is 180 g/mol. The van der Waals surface area contributed by atoms with Crippen molar-refractivity contribution in [3.63, 3.8) is 0 Å². The van der Waals surface area contributed by atoms with Crippen LogP contribution in [0.15, 0.2) is 4.99 Å². The zero-order valence-corrected chi connectivity index (χ0v) is 9.34. The lowest BCUT2D eigenvalue weighted by Gasteiger charge is -1.90. The van der Waals surface area contributed by atoms with Crippen LogP contribution >= 0.6 is 0 Å². The predicted molar refractivity (Wildman–Crippen MR) is 60.2 cm³/mol. The lowest BCUT2D eigenvalue weighted by atomic mass is 10.3. The van der Waals surface area contributed by atoms with Crippen LogP contribution in [0.3, 0.4) is 0 Å². The zero-order valence-electron chi connectivity index (χ0n) is 9.34. The molecule has 0 saturated carbocycles. The van der Waals surface area contributed by atoms with Gasteiger partial charge in [0.15, 0.2) is 5.96 Å². The molecule has 0 heterocycles. The number of ketones is 1. The van der Waals surface area contributed by atoms with Crippen LogP contribution in [0, 0.1) is 0 Å². The molecule has 0 unspecified atom stereocenters. The Morgan fingerprint density at radius 1 is 1.36 bits per heavy atom. The van der Waals surface area contributed by atoms with Gasteiger partial charge in [-0.15, -0.1) is 0 Å². The van der Waals surface area contributed by atoms with Gasteiger partial charge in [-0.2, -0.15) is 0 Å². The monoisotopic (exact) mass is 202 g/mol. The zero-order chi connectivity index (χ0) is 11.4. The molecule has 0 aliphatic carbocycles. The van der Waals surface area contributed by atoms with Crippen LogP contribution in [0.25, 0.3) is 0 Å². The lowest BCUT2D eigenvalue weighted by Crippen LogP contribution is -2.22. The molecule has 0 fully saturated rings. The topological polar surface area (TPSA) is 93.5 Å². The van der Waals surface area contributed by atoms with Crippen LogP contribution < -0.4 is 16.8 Å². The van der Waals surface area contributed by atoms with Gasteiger partial charge in [-0.05, 0) is 13.5 Å². The molecule has 0 rings (SSSR count). The second-order valence-corrected chi connectivity index (χ2v) is 2.73. The van der Waals surface area contributed by atoms with Crippen molar-refractivity contribution >= 4 is 11.7 Å². The van der Waals surface area contributed by atoms with Crippen molar-refractivity contribution in [3.8, 4) is 0 Å². The van der Waals surface area contributed by atoms with E-state index in [1.807, 2.05) is 13.8 Å². The fourth-order valence-electron chi connectivity index (χ4n) is 0.563. The minimum atomic E-state index is 0.182. The molecule has 0 aromatic rings. The fraction of sp³-hybridized carbons (Fsp3) is 0.778. The first-order chi connectivity index (χ1) is 6.58. The van der Waals surface area contributed by atoms with Gasteiger partial charge < -0.3 is 16.8 Å². The molecule has 0 aromatic heterocycles. The van der Waals surface area contributed by atoms with Gasteiger partial charge in [0.1, 0.15) is 5.78 Å². The molecule has 0 atom stereocenters. The third-order valence-electron chi connectivity index (χ3n) is 1.29.